The van der Waals surface area contributed by atoms with E-state index in [4.69, 9.17) is 23.2 Å². The maximum absolute atomic E-state index is 12.6. The molecule has 0 aromatic heterocycles. The van der Waals surface area contributed by atoms with Gasteiger partial charge in [0.15, 0.2) is 0 Å². The summed E-state index contributed by atoms with van der Waals surface area (Å²) in [6, 6.07) is 9.80. The average Bonchev–Trinajstić information content (AvgIpc) is 2.42. The molecule has 2 rings (SSSR count). The molecule has 0 aliphatic heterocycles. The van der Waals surface area contributed by atoms with Crippen LogP contribution in [0, 0.1) is 0 Å². The van der Waals surface area contributed by atoms with Crippen LogP contribution in [0.5, 0.6) is 0 Å². The molecule has 0 atom stereocenters. The minimum absolute atomic E-state index is 0.0803. The molecule has 0 unspecified atom stereocenters. The van der Waals surface area contributed by atoms with Crippen molar-refractivity contribution in [3.05, 3.63) is 63.6 Å². The Hall–Kier alpha value is -1.72. The summed E-state index contributed by atoms with van der Waals surface area (Å²) in [5, 5.41) is 4.59. The standard InChI is InChI=1S/C14H9Cl2F3N2/c15-11-4-1-9(2-5-11)8-20-21-13-7-10(14(17,18)19)3-6-12(13)16/h1-8,21H/b20-8+. The van der Waals surface area contributed by atoms with E-state index in [0.29, 0.717) is 5.02 Å². The molecule has 0 bridgehead atoms. The molecular weight excluding hydrogens is 324 g/mol. The van der Waals surface area contributed by atoms with E-state index >= 15 is 0 Å². The Morgan fingerprint density at radius 2 is 1.67 bits per heavy atom. The monoisotopic (exact) mass is 332 g/mol. The van der Waals surface area contributed by atoms with Crippen LogP contribution in [0.25, 0.3) is 0 Å². The zero-order valence-corrected chi connectivity index (χ0v) is 12.0. The summed E-state index contributed by atoms with van der Waals surface area (Å²) in [5.41, 5.74) is 2.52. The van der Waals surface area contributed by atoms with E-state index in [1.165, 1.54) is 12.3 Å². The molecule has 0 spiro atoms. The van der Waals surface area contributed by atoms with Gasteiger partial charge in [-0.1, -0.05) is 35.3 Å². The molecule has 0 saturated carbocycles. The van der Waals surface area contributed by atoms with Gasteiger partial charge in [0.25, 0.3) is 0 Å². The van der Waals surface area contributed by atoms with Gasteiger partial charge in [-0.25, -0.2) is 0 Å². The first-order valence-electron chi connectivity index (χ1n) is 5.77. The first-order chi connectivity index (χ1) is 9.86. The number of nitrogens with zero attached hydrogens (tertiary/aromatic N) is 1. The molecule has 0 radical (unpaired) electrons. The number of halogens is 5. The topological polar surface area (TPSA) is 24.4 Å². The SMILES string of the molecule is FC(F)(F)c1ccc(Cl)c(N/N=C/c2ccc(Cl)cc2)c1. The van der Waals surface area contributed by atoms with Gasteiger partial charge >= 0.3 is 6.18 Å². The number of hydrazone groups is 1. The molecule has 0 fully saturated rings. The van der Waals surface area contributed by atoms with Crippen molar-refractivity contribution in [3.63, 3.8) is 0 Å². The lowest BCUT2D eigenvalue weighted by Gasteiger charge is -2.09. The van der Waals surface area contributed by atoms with Crippen molar-refractivity contribution in [3.8, 4) is 0 Å². The largest absolute Gasteiger partial charge is 0.416 e. The molecule has 0 aliphatic rings. The van der Waals surface area contributed by atoms with Crippen LogP contribution in [0.2, 0.25) is 10.0 Å². The van der Waals surface area contributed by atoms with Crippen LogP contribution in [-0.4, -0.2) is 6.21 Å². The van der Waals surface area contributed by atoms with E-state index in [-0.39, 0.29) is 10.7 Å². The highest BCUT2D eigenvalue weighted by molar-refractivity contribution is 6.33. The number of hydrogen-bond acceptors (Lipinski definition) is 2. The summed E-state index contributed by atoms with van der Waals surface area (Å²) in [7, 11) is 0. The van der Waals surface area contributed by atoms with E-state index in [1.54, 1.807) is 24.3 Å². The molecule has 0 heterocycles. The van der Waals surface area contributed by atoms with Crippen molar-refractivity contribution >= 4 is 35.1 Å². The van der Waals surface area contributed by atoms with E-state index < -0.39 is 11.7 Å². The van der Waals surface area contributed by atoms with E-state index in [2.05, 4.69) is 10.5 Å². The van der Waals surface area contributed by atoms with Crippen molar-refractivity contribution in [2.24, 2.45) is 5.10 Å². The Morgan fingerprint density at radius 1 is 1.00 bits per heavy atom. The van der Waals surface area contributed by atoms with E-state index in [1.807, 2.05) is 0 Å². The minimum atomic E-state index is -4.43. The van der Waals surface area contributed by atoms with Gasteiger partial charge in [0.2, 0.25) is 0 Å². The third-order valence-electron chi connectivity index (χ3n) is 2.56. The summed E-state index contributed by atoms with van der Waals surface area (Å²) in [5.74, 6) is 0. The molecule has 2 aromatic rings. The van der Waals surface area contributed by atoms with Crippen molar-refractivity contribution in [1.29, 1.82) is 0 Å². The minimum Gasteiger partial charge on any atom is -0.277 e. The summed E-state index contributed by atoms with van der Waals surface area (Å²) >= 11 is 11.6. The first kappa shape index (κ1) is 15.7. The van der Waals surface area contributed by atoms with Crippen LogP contribution in [0.4, 0.5) is 18.9 Å². The van der Waals surface area contributed by atoms with Crippen molar-refractivity contribution < 1.29 is 13.2 Å². The maximum Gasteiger partial charge on any atom is 0.416 e. The number of benzene rings is 2. The highest BCUT2D eigenvalue weighted by atomic mass is 35.5. The van der Waals surface area contributed by atoms with Gasteiger partial charge < -0.3 is 0 Å². The zero-order valence-electron chi connectivity index (χ0n) is 10.5. The second kappa shape index (κ2) is 6.37. The maximum atomic E-state index is 12.6. The van der Waals surface area contributed by atoms with Gasteiger partial charge in [0, 0.05) is 5.02 Å². The van der Waals surface area contributed by atoms with Crippen LogP contribution in [-0.2, 0) is 6.18 Å². The van der Waals surface area contributed by atoms with Gasteiger partial charge in [-0.05, 0) is 35.9 Å². The molecule has 110 valence electrons. The Morgan fingerprint density at radius 3 is 2.29 bits per heavy atom. The third kappa shape index (κ3) is 4.37. The molecule has 7 heteroatoms. The zero-order chi connectivity index (χ0) is 15.5. The molecule has 1 N–H and O–H groups in total. The lowest BCUT2D eigenvalue weighted by molar-refractivity contribution is -0.137. The lowest BCUT2D eigenvalue weighted by atomic mass is 10.2. The Kier molecular flexibility index (Phi) is 4.75. The van der Waals surface area contributed by atoms with Crippen molar-refractivity contribution in [2.75, 3.05) is 5.43 Å². The molecule has 0 aliphatic carbocycles. The highest BCUT2D eigenvalue weighted by Gasteiger charge is 2.30. The van der Waals surface area contributed by atoms with Crippen LogP contribution in [0.1, 0.15) is 11.1 Å². The molecule has 2 nitrogen and oxygen atoms in total. The third-order valence-corrected chi connectivity index (χ3v) is 3.14. The fraction of sp³-hybridized carbons (Fsp3) is 0.0714. The normalized spacial score (nSPS) is 11.9. The highest BCUT2D eigenvalue weighted by Crippen LogP contribution is 2.33. The van der Waals surface area contributed by atoms with Gasteiger partial charge in [-0.2, -0.15) is 18.3 Å². The number of hydrogen-bond donors (Lipinski definition) is 1. The summed E-state index contributed by atoms with van der Waals surface area (Å²) < 4.78 is 37.8. The van der Waals surface area contributed by atoms with Crippen LogP contribution in [0.3, 0.4) is 0 Å². The second-order valence-corrected chi connectivity index (χ2v) is 4.96. The Balaban J connectivity index is 2.14. The molecule has 2 aromatic carbocycles. The molecule has 0 amide bonds. The van der Waals surface area contributed by atoms with Crippen molar-refractivity contribution in [1.82, 2.24) is 0 Å². The van der Waals surface area contributed by atoms with Crippen LogP contribution < -0.4 is 5.43 Å². The van der Waals surface area contributed by atoms with Crippen LogP contribution >= 0.6 is 23.2 Å². The number of anilines is 1. The number of nitrogens with one attached hydrogen (secondary N) is 1. The second-order valence-electron chi connectivity index (χ2n) is 4.11. The summed E-state index contributed by atoms with van der Waals surface area (Å²) in [6.07, 6.45) is -2.98. The van der Waals surface area contributed by atoms with Gasteiger partial charge in [0.1, 0.15) is 0 Å². The van der Waals surface area contributed by atoms with E-state index in [9.17, 15) is 13.2 Å². The van der Waals surface area contributed by atoms with Crippen molar-refractivity contribution in [2.45, 2.75) is 6.18 Å². The average molecular weight is 333 g/mol. The summed E-state index contributed by atoms with van der Waals surface area (Å²) in [6.45, 7) is 0. The smallest absolute Gasteiger partial charge is 0.277 e. The predicted molar refractivity (Wildman–Crippen MR) is 79.1 cm³/mol. The number of alkyl halides is 3. The van der Waals surface area contributed by atoms with Gasteiger partial charge in [0.05, 0.1) is 22.5 Å². The molecular formula is C14H9Cl2F3N2. The predicted octanol–water partition coefficient (Wildman–Crippen LogP) is 5.46. The quantitative estimate of drug-likeness (QED) is 0.585. The van der Waals surface area contributed by atoms with E-state index in [0.717, 1.165) is 17.7 Å². The fourth-order valence-electron chi connectivity index (χ4n) is 1.51. The van der Waals surface area contributed by atoms with Gasteiger partial charge in [-0.15, -0.1) is 0 Å². The van der Waals surface area contributed by atoms with Crippen LogP contribution in [0.15, 0.2) is 47.6 Å². The molecule has 21 heavy (non-hydrogen) atoms. The Bertz CT molecular complexity index is 652. The molecule has 0 saturated heterocycles. The first-order valence-corrected chi connectivity index (χ1v) is 6.53. The van der Waals surface area contributed by atoms with Gasteiger partial charge in [-0.3, -0.25) is 5.43 Å². The lowest BCUT2D eigenvalue weighted by Crippen LogP contribution is -2.05. The fourth-order valence-corrected chi connectivity index (χ4v) is 1.80. The number of rotatable bonds is 3. The Labute approximate surface area is 129 Å². The summed E-state index contributed by atoms with van der Waals surface area (Å²) in [4.78, 5) is 0.